The molecule has 1 aromatic carbocycles. The number of nitrogens with zero attached hydrogens (tertiary/aromatic N) is 1. The number of hydrogen-bond donors (Lipinski definition) is 0. The number of methoxy groups -OCH3 is 1. The molecule has 1 aliphatic heterocycles. The number of piperidine rings is 1. The highest BCUT2D eigenvalue weighted by Crippen LogP contribution is 2.25. The van der Waals surface area contributed by atoms with E-state index in [1.54, 1.807) is 7.11 Å². The van der Waals surface area contributed by atoms with Gasteiger partial charge in [-0.25, -0.2) is 0 Å². The molecule has 1 fully saturated rings. The Morgan fingerprint density at radius 1 is 1.25 bits per heavy atom. The Morgan fingerprint density at radius 3 is 2.80 bits per heavy atom. The van der Waals surface area contributed by atoms with Crippen molar-refractivity contribution in [2.75, 3.05) is 33.4 Å². The SMILES string of the molecule is COc1ccccc1OCC#CCN1CCC[C@H](C)C1. The molecule has 3 nitrogen and oxygen atoms in total. The maximum atomic E-state index is 5.62. The second-order valence-electron chi connectivity index (χ2n) is 5.28. The van der Waals surface area contributed by atoms with Gasteiger partial charge in [0.25, 0.3) is 0 Å². The molecule has 0 unspecified atom stereocenters. The second-order valence-corrected chi connectivity index (χ2v) is 5.28. The van der Waals surface area contributed by atoms with E-state index in [2.05, 4.69) is 23.7 Å². The first-order valence-corrected chi connectivity index (χ1v) is 7.23. The molecule has 0 aromatic heterocycles. The van der Waals surface area contributed by atoms with E-state index >= 15 is 0 Å². The van der Waals surface area contributed by atoms with Crippen LogP contribution in [-0.4, -0.2) is 38.3 Å². The lowest BCUT2D eigenvalue weighted by molar-refractivity contribution is 0.204. The smallest absolute Gasteiger partial charge is 0.162 e. The van der Waals surface area contributed by atoms with E-state index < -0.39 is 0 Å². The Morgan fingerprint density at radius 2 is 2.05 bits per heavy atom. The fourth-order valence-electron chi connectivity index (χ4n) is 2.50. The molecule has 20 heavy (non-hydrogen) atoms. The number of para-hydroxylation sites is 2. The first-order chi connectivity index (χ1) is 9.79. The molecule has 2 rings (SSSR count). The molecule has 0 N–H and O–H groups in total. The van der Waals surface area contributed by atoms with Crippen molar-refractivity contribution in [2.45, 2.75) is 19.8 Å². The Bertz CT molecular complexity index is 475. The van der Waals surface area contributed by atoms with E-state index in [1.165, 1.54) is 25.9 Å². The van der Waals surface area contributed by atoms with E-state index in [0.717, 1.165) is 24.0 Å². The summed E-state index contributed by atoms with van der Waals surface area (Å²) in [5.41, 5.74) is 0. The largest absolute Gasteiger partial charge is 0.493 e. The van der Waals surface area contributed by atoms with Crippen LogP contribution in [0.3, 0.4) is 0 Å². The lowest BCUT2D eigenvalue weighted by Gasteiger charge is -2.28. The Labute approximate surface area is 121 Å². The molecule has 0 aliphatic carbocycles. The number of rotatable bonds is 4. The molecule has 3 heteroatoms. The van der Waals surface area contributed by atoms with Crippen molar-refractivity contribution < 1.29 is 9.47 Å². The predicted molar refractivity (Wildman–Crippen MR) is 81.1 cm³/mol. The van der Waals surface area contributed by atoms with Crippen LogP contribution in [0.25, 0.3) is 0 Å². The third kappa shape index (κ3) is 4.47. The van der Waals surface area contributed by atoms with Crippen molar-refractivity contribution in [1.82, 2.24) is 4.90 Å². The zero-order chi connectivity index (χ0) is 14.2. The van der Waals surface area contributed by atoms with Gasteiger partial charge in [0.2, 0.25) is 0 Å². The second kappa shape index (κ2) is 7.81. The number of benzene rings is 1. The molecule has 0 saturated carbocycles. The molecule has 0 amide bonds. The standard InChI is InChI=1S/C17H23NO2/c1-15-8-7-12-18(14-15)11-5-6-13-20-17-10-4-3-9-16(17)19-2/h3-4,9-10,15H,7-8,11-14H2,1-2H3/t15-/m0/s1. The van der Waals surface area contributed by atoms with Crippen LogP contribution in [-0.2, 0) is 0 Å². The van der Waals surface area contributed by atoms with Gasteiger partial charge in [-0.05, 0) is 37.4 Å². The average Bonchev–Trinajstić information content (AvgIpc) is 2.47. The lowest BCUT2D eigenvalue weighted by Crippen LogP contribution is -2.34. The number of ether oxygens (including phenoxy) is 2. The van der Waals surface area contributed by atoms with E-state index in [4.69, 9.17) is 9.47 Å². The van der Waals surface area contributed by atoms with Gasteiger partial charge >= 0.3 is 0 Å². The summed E-state index contributed by atoms with van der Waals surface area (Å²) < 4.78 is 10.8. The van der Waals surface area contributed by atoms with Crippen molar-refractivity contribution in [1.29, 1.82) is 0 Å². The summed E-state index contributed by atoms with van der Waals surface area (Å²) >= 11 is 0. The van der Waals surface area contributed by atoms with Crippen molar-refractivity contribution in [3.05, 3.63) is 24.3 Å². The molecule has 0 bridgehead atoms. The van der Waals surface area contributed by atoms with Crippen LogP contribution >= 0.6 is 0 Å². The molecule has 1 aromatic rings. The molecule has 1 atom stereocenters. The quantitative estimate of drug-likeness (QED) is 0.787. The highest BCUT2D eigenvalue weighted by molar-refractivity contribution is 5.39. The van der Waals surface area contributed by atoms with Gasteiger partial charge in [-0.3, -0.25) is 4.90 Å². The topological polar surface area (TPSA) is 21.7 Å². The Hall–Kier alpha value is -1.66. The summed E-state index contributed by atoms with van der Waals surface area (Å²) in [6.45, 7) is 5.90. The summed E-state index contributed by atoms with van der Waals surface area (Å²) in [6, 6.07) is 7.64. The van der Waals surface area contributed by atoms with Crippen LogP contribution in [0.4, 0.5) is 0 Å². The molecular formula is C17H23NO2. The minimum Gasteiger partial charge on any atom is -0.493 e. The molecule has 1 aliphatic rings. The van der Waals surface area contributed by atoms with E-state index in [-0.39, 0.29) is 0 Å². The maximum absolute atomic E-state index is 5.62. The first-order valence-electron chi connectivity index (χ1n) is 7.23. The molecule has 0 spiro atoms. The third-order valence-corrected chi connectivity index (χ3v) is 3.54. The molecular weight excluding hydrogens is 250 g/mol. The van der Waals surface area contributed by atoms with Crippen molar-refractivity contribution in [2.24, 2.45) is 5.92 Å². The maximum Gasteiger partial charge on any atom is 0.162 e. The fourth-order valence-corrected chi connectivity index (χ4v) is 2.50. The van der Waals surface area contributed by atoms with E-state index in [1.807, 2.05) is 24.3 Å². The summed E-state index contributed by atoms with van der Waals surface area (Å²) in [4.78, 5) is 2.42. The summed E-state index contributed by atoms with van der Waals surface area (Å²) in [5, 5.41) is 0. The monoisotopic (exact) mass is 273 g/mol. The van der Waals surface area contributed by atoms with Crippen molar-refractivity contribution in [3.63, 3.8) is 0 Å². The molecule has 108 valence electrons. The zero-order valence-electron chi connectivity index (χ0n) is 12.4. The molecule has 0 radical (unpaired) electrons. The van der Waals surface area contributed by atoms with Gasteiger partial charge in [0.05, 0.1) is 13.7 Å². The minimum absolute atomic E-state index is 0.407. The number of likely N-dealkylation sites (tertiary alicyclic amines) is 1. The van der Waals surface area contributed by atoms with Crippen molar-refractivity contribution in [3.8, 4) is 23.3 Å². The van der Waals surface area contributed by atoms with E-state index in [9.17, 15) is 0 Å². The van der Waals surface area contributed by atoms with E-state index in [0.29, 0.717) is 6.61 Å². The number of hydrogen-bond acceptors (Lipinski definition) is 3. The summed E-state index contributed by atoms with van der Waals surface area (Å²) in [5.74, 6) is 8.57. The molecule has 1 saturated heterocycles. The van der Waals surface area contributed by atoms with Gasteiger partial charge in [0.1, 0.15) is 6.61 Å². The van der Waals surface area contributed by atoms with Gasteiger partial charge < -0.3 is 9.47 Å². The van der Waals surface area contributed by atoms with Crippen LogP contribution < -0.4 is 9.47 Å². The Kier molecular flexibility index (Phi) is 5.76. The van der Waals surface area contributed by atoms with Crippen LogP contribution in [0.15, 0.2) is 24.3 Å². The van der Waals surface area contributed by atoms with Gasteiger partial charge in [0.15, 0.2) is 11.5 Å². The van der Waals surface area contributed by atoms with Crippen LogP contribution in [0, 0.1) is 17.8 Å². The van der Waals surface area contributed by atoms with Crippen LogP contribution in [0.2, 0.25) is 0 Å². The van der Waals surface area contributed by atoms with Crippen LogP contribution in [0.5, 0.6) is 11.5 Å². The van der Waals surface area contributed by atoms with Gasteiger partial charge in [-0.1, -0.05) is 30.9 Å². The van der Waals surface area contributed by atoms with Crippen LogP contribution in [0.1, 0.15) is 19.8 Å². The lowest BCUT2D eigenvalue weighted by atomic mass is 10.0. The minimum atomic E-state index is 0.407. The summed E-state index contributed by atoms with van der Waals surface area (Å²) in [7, 11) is 1.64. The zero-order valence-corrected chi connectivity index (χ0v) is 12.4. The third-order valence-electron chi connectivity index (χ3n) is 3.54. The predicted octanol–water partition coefficient (Wildman–Crippen LogP) is 2.81. The first kappa shape index (κ1) is 14.7. The van der Waals surface area contributed by atoms with Gasteiger partial charge in [-0.15, -0.1) is 0 Å². The van der Waals surface area contributed by atoms with Crippen molar-refractivity contribution >= 4 is 0 Å². The highest BCUT2D eigenvalue weighted by atomic mass is 16.5. The average molecular weight is 273 g/mol. The normalized spacial score (nSPS) is 19.0. The summed E-state index contributed by atoms with van der Waals surface area (Å²) in [6.07, 6.45) is 2.64. The van der Waals surface area contributed by atoms with Gasteiger partial charge in [0, 0.05) is 6.54 Å². The fraction of sp³-hybridized carbons (Fsp3) is 0.529. The molecule has 1 heterocycles. The van der Waals surface area contributed by atoms with Gasteiger partial charge in [-0.2, -0.15) is 0 Å². The highest BCUT2D eigenvalue weighted by Gasteiger charge is 2.14. The Balaban J connectivity index is 1.74.